The van der Waals surface area contributed by atoms with E-state index >= 15 is 0 Å². The molecule has 1 amide bonds. The average molecular weight is 485 g/mol. The molecular weight excluding hydrogens is 460 g/mol. The smallest absolute Gasteiger partial charge is 0.254 e. The molecule has 3 aromatic heterocycles. The van der Waals surface area contributed by atoms with Crippen LogP contribution in [-0.4, -0.2) is 65.6 Å². The largest absolute Gasteiger partial charge is 0.388 e. The summed E-state index contributed by atoms with van der Waals surface area (Å²) in [5, 5.41) is 18.6. The van der Waals surface area contributed by atoms with Gasteiger partial charge in [-0.2, -0.15) is 5.10 Å². The van der Waals surface area contributed by atoms with E-state index in [4.69, 9.17) is 10.1 Å². The van der Waals surface area contributed by atoms with Crippen LogP contribution >= 0.6 is 11.3 Å². The minimum absolute atomic E-state index is 0.0246. The predicted molar refractivity (Wildman–Crippen MR) is 138 cm³/mol. The predicted octanol–water partition coefficient (Wildman–Crippen LogP) is 4.28. The van der Waals surface area contributed by atoms with E-state index in [9.17, 15) is 4.79 Å². The van der Waals surface area contributed by atoms with Crippen LogP contribution in [0.2, 0.25) is 0 Å². The molecule has 9 heteroatoms. The molecule has 0 spiro atoms. The van der Waals surface area contributed by atoms with Crippen molar-refractivity contribution in [2.24, 2.45) is 0 Å². The van der Waals surface area contributed by atoms with Crippen molar-refractivity contribution in [3.8, 4) is 33.1 Å². The number of ether oxygens (including phenoxy) is 1. The molecule has 1 aromatic carbocycles. The highest BCUT2D eigenvalue weighted by Gasteiger charge is 2.28. The second kappa shape index (κ2) is 8.75. The fourth-order valence-electron chi connectivity index (χ4n) is 4.75. The van der Waals surface area contributed by atoms with Crippen LogP contribution in [0.3, 0.4) is 0 Å². The normalized spacial score (nSPS) is 14.5. The number of aromatic amines is 1. The van der Waals surface area contributed by atoms with E-state index in [1.165, 1.54) is 16.7 Å². The first-order chi connectivity index (χ1) is 17.2. The Kier molecular flexibility index (Phi) is 5.43. The van der Waals surface area contributed by atoms with Crippen LogP contribution in [0, 0.1) is 5.41 Å². The van der Waals surface area contributed by atoms with Crippen molar-refractivity contribution in [3.63, 3.8) is 0 Å². The van der Waals surface area contributed by atoms with Gasteiger partial charge in [0.25, 0.3) is 5.91 Å². The number of nitrogens with zero attached hydrogens (tertiary/aromatic N) is 3. The number of benzene rings is 1. The quantitative estimate of drug-likeness (QED) is 0.323. The van der Waals surface area contributed by atoms with Gasteiger partial charge in [-0.25, -0.2) is 0 Å². The zero-order chi connectivity index (χ0) is 23.9. The summed E-state index contributed by atoms with van der Waals surface area (Å²) >= 11 is 1.71. The monoisotopic (exact) mass is 484 g/mol. The molecule has 6 rings (SSSR count). The summed E-state index contributed by atoms with van der Waals surface area (Å²) in [5.41, 5.74) is 8.55. The first-order valence-electron chi connectivity index (χ1n) is 11.5. The zero-order valence-electron chi connectivity index (χ0n) is 19.2. The molecule has 0 unspecified atom stereocenters. The second-order valence-electron chi connectivity index (χ2n) is 8.58. The molecule has 0 saturated carbocycles. The van der Waals surface area contributed by atoms with Gasteiger partial charge in [0.05, 0.1) is 35.2 Å². The number of hydrogen-bond acceptors (Lipinski definition) is 7. The molecule has 0 radical (unpaired) electrons. The Balaban J connectivity index is 1.30. The van der Waals surface area contributed by atoms with E-state index in [1.54, 1.807) is 23.6 Å². The van der Waals surface area contributed by atoms with Gasteiger partial charge in [0.1, 0.15) is 0 Å². The Bertz CT molecular complexity index is 1450. The molecule has 8 nitrogen and oxygen atoms in total. The Morgan fingerprint density at radius 3 is 2.89 bits per heavy atom. The third kappa shape index (κ3) is 3.73. The standard InChI is InChI=1S/C26H24N6O2S/c1-28-20-10-15(2-3-17(20)14-27)24-19-13-22-18(25(19)31-30-24)12-23(35-22)21-11-16(4-5-29-21)26(33)32-6-8-34-9-7-32/h2-5,10-12,14,27-28H,6-9,13H2,1H3,(H,30,31). The Labute approximate surface area is 206 Å². The Hall–Kier alpha value is -3.82. The fraction of sp³-hybridized carbons (Fsp3) is 0.231. The van der Waals surface area contributed by atoms with Crippen molar-refractivity contribution < 1.29 is 9.53 Å². The molecule has 35 heavy (non-hydrogen) atoms. The summed E-state index contributed by atoms with van der Waals surface area (Å²) in [6, 6.07) is 11.8. The number of fused-ring (bicyclic) bond motifs is 3. The lowest BCUT2D eigenvalue weighted by Crippen LogP contribution is -2.40. The van der Waals surface area contributed by atoms with Gasteiger partial charge in [-0.1, -0.05) is 12.1 Å². The number of thiophene rings is 1. The highest BCUT2D eigenvalue weighted by Crippen LogP contribution is 2.46. The van der Waals surface area contributed by atoms with Crippen molar-refractivity contribution in [1.29, 1.82) is 5.41 Å². The van der Waals surface area contributed by atoms with Crippen LogP contribution < -0.4 is 5.32 Å². The van der Waals surface area contributed by atoms with Crippen molar-refractivity contribution in [2.75, 3.05) is 38.7 Å². The van der Waals surface area contributed by atoms with Gasteiger partial charge >= 0.3 is 0 Å². The number of H-pyrrole nitrogens is 1. The maximum absolute atomic E-state index is 12.9. The van der Waals surface area contributed by atoms with Gasteiger partial charge in [-0.05, 0) is 24.3 Å². The van der Waals surface area contributed by atoms with Crippen molar-refractivity contribution in [2.45, 2.75) is 6.42 Å². The highest BCUT2D eigenvalue weighted by molar-refractivity contribution is 7.16. The van der Waals surface area contributed by atoms with E-state index in [2.05, 4.69) is 26.6 Å². The number of carbonyl (C=O) groups excluding carboxylic acids is 1. The van der Waals surface area contributed by atoms with Crippen molar-refractivity contribution in [3.05, 3.63) is 64.2 Å². The third-order valence-electron chi connectivity index (χ3n) is 6.59. The maximum Gasteiger partial charge on any atom is 0.254 e. The maximum atomic E-state index is 12.9. The first-order valence-corrected chi connectivity index (χ1v) is 12.3. The molecule has 1 fully saturated rings. The molecule has 2 aliphatic rings. The highest BCUT2D eigenvalue weighted by atomic mass is 32.1. The second-order valence-corrected chi connectivity index (χ2v) is 9.72. The summed E-state index contributed by atoms with van der Waals surface area (Å²) in [5.74, 6) is 0.0246. The van der Waals surface area contributed by atoms with Gasteiger partial charge in [-0.15, -0.1) is 11.3 Å². The van der Waals surface area contributed by atoms with E-state index in [1.807, 2.05) is 36.2 Å². The molecule has 1 aliphatic heterocycles. The fourth-order valence-corrected chi connectivity index (χ4v) is 5.90. The number of nitrogens with one attached hydrogen (secondary N) is 3. The summed E-state index contributed by atoms with van der Waals surface area (Å²) in [7, 11) is 1.86. The van der Waals surface area contributed by atoms with Crippen molar-refractivity contribution >= 4 is 29.1 Å². The number of pyridine rings is 1. The number of rotatable bonds is 5. The van der Waals surface area contributed by atoms with E-state index < -0.39 is 0 Å². The summed E-state index contributed by atoms with van der Waals surface area (Å²) in [4.78, 5) is 21.6. The molecular formula is C26H24N6O2S. The molecule has 3 N–H and O–H groups in total. The summed E-state index contributed by atoms with van der Waals surface area (Å²) < 4.78 is 5.37. The van der Waals surface area contributed by atoms with Gasteiger partial charge in [-0.3, -0.25) is 14.9 Å². The number of anilines is 1. The summed E-state index contributed by atoms with van der Waals surface area (Å²) in [6.07, 6.45) is 3.86. The van der Waals surface area contributed by atoms with Crippen LogP contribution in [0.1, 0.15) is 26.4 Å². The number of morpholine rings is 1. The first kappa shape index (κ1) is 21.7. The van der Waals surface area contributed by atoms with Crippen LogP contribution in [0.25, 0.3) is 33.1 Å². The third-order valence-corrected chi connectivity index (χ3v) is 7.75. The van der Waals surface area contributed by atoms with Crippen LogP contribution in [-0.2, 0) is 11.2 Å². The number of carbonyl (C=O) groups is 1. The van der Waals surface area contributed by atoms with Crippen LogP contribution in [0.5, 0.6) is 0 Å². The van der Waals surface area contributed by atoms with Crippen molar-refractivity contribution in [1.82, 2.24) is 20.1 Å². The SMILES string of the molecule is CNc1cc(-c2n[nH]c3c2Cc2sc(-c4cc(C(=O)N5CCOCC5)ccn4)cc2-3)ccc1C=N. The molecule has 0 bridgehead atoms. The molecule has 1 saturated heterocycles. The lowest BCUT2D eigenvalue weighted by atomic mass is 10.0. The van der Waals surface area contributed by atoms with Gasteiger partial charge in [0.15, 0.2) is 0 Å². The van der Waals surface area contributed by atoms with Crippen LogP contribution in [0.4, 0.5) is 5.69 Å². The molecule has 1 aliphatic carbocycles. The topological polar surface area (TPSA) is 107 Å². The zero-order valence-corrected chi connectivity index (χ0v) is 20.0. The Morgan fingerprint density at radius 2 is 2.09 bits per heavy atom. The number of hydrogen-bond donors (Lipinski definition) is 3. The molecule has 4 aromatic rings. The van der Waals surface area contributed by atoms with E-state index in [0.717, 1.165) is 50.8 Å². The lowest BCUT2D eigenvalue weighted by molar-refractivity contribution is 0.0303. The number of amides is 1. The Morgan fingerprint density at radius 1 is 1.23 bits per heavy atom. The lowest BCUT2D eigenvalue weighted by Gasteiger charge is -2.26. The molecule has 4 heterocycles. The minimum Gasteiger partial charge on any atom is -0.388 e. The number of aromatic nitrogens is 3. The minimum atomic E-state index is 0.0246. The van der Waals surface area contributed by atoms with Gasteiger partial charge in [0, 0.05) is 77.4 Å². The van der Waals surface area contributed by atoms with Gasteiger partial charge in [0.2, 0.25) is 0 Å². The molecule has 0 atom stereocenters. The van der Waals surface area contributed by atoms with E-state index in [0.29, 0.717) is 31.9 Å². The average Bonchev–Trinajstić information content (AvgIpc) is 3.60. The van der Waals surface area contributed by atoms with E-state index in [-0.39, 0.29) is 5.91 Å². The summed E-state index contributed by atoms with van der Waals surface area (Å²) in [6.45, 7) is 2.40. The van der Waals surface area contributed by atoms with Crippen LogP contribution in [0.15, 0.2) is 42.6 Å². The molecule has 176 valence electrons. The van der Waals surface area contributed by atoms with Gasteiger partial charge < -0.3 is 20.4 Å².